The van der Waals surface area contributed by atoms with E-state index in [1.165, 1.54) is 0 Å². The van der Waals surface area contributed by atoms with Crippen LogP contribution in [-0.4, -0.2) is 13.2 Å². The van der Waals surface area contributed by atoms with Crippen molar-refractivity contribution in [2.24, 2.45) is 0 Å². The number of hydrogen-bond acceptors (Lipinski definition) is 4. The summed E-state index contributed by atoms with van der Waals surface area (Å²) in [5.41, 5.74) is 1.59. The average Bonchev–Trinajstić information content (AvgIpc) is 3.52. The first-order valence-electron chi connectivity index (χ1n) is 9.27. The van der Waals surface area contributed by atoms with E-state index in [0.717, 1.165) is 63.0 Å². The minimum Gasteiger partial charge on any atom is -0.364 e. The molecule has 158 valence electrons. The summed E-state index contributed by atoms with van der Waals surface area (Å²) in [6.07, 6.45) is 5.69. The smallest absolute Gasteiger partial charge is 0.364 e. The van der Waals surface area contributed by atoms with Crippen molar-refractivity contribution in [1.82, 2.24) is 13.2 Å². The van der Waals surface area contributed by atoms with Gasteiger partial charge in [0.2, 0.25) is 16.8 Å². The van der Waals surface area contributed by atoms with Crippen LogP contribution in [0.4, 0.5) is 0 Å². The van der Waals surface area contributed by atoms with Crippen LogP contribution in [-0.2, 0) is 4.57 Å². The van der Waals surface area contributed by atoms with Crippen molar-refractivity contribution >= 4 is 70.8 Å². The minimum atomic E-state index is -4.04. The van der Waals surface area contributed by atoms with E-state index in [-0.39, 0.29) is 0 Å². The number of rotatable bonds is 6. The van der Waals surface area contributed by atoms with Crippen molar-refractivity contribution in [2.45, 2.75) is 0 Å². The molecule has 0 bridgehead atoms. The number of phosphoric acid groups is 1. The van der Waals surface area contributed by atoms with Crippen LogP contribution in [0.5, 0.6) is 16.8 Å². The molecule has 0 aliphatic rings. The van der Waals surface area contributed by atoms with Crippen LogP contribution >= 0.6 is 55.0 Å². The predicted octanol–water partition coefficient (Wildman–Crippen LogP) is 9.57. The lowest BCUT2D eigenvalue weighted by atomic mass is 10.5. The van der Waals surface area contributed by atoms with Gasteiger partial charge in [0.25, 0.3) is 0 Å². The molecular weight excluding hydrogens is 539 g/mol. The lowest BCUT2D eigenvalue weighted by Crippen LogP contribution is -2.09. The van der Waals surface area contributed by atoms with Crippen LogP contribution < -0.4 is 13.6 Å². The minimum absolute atomic E-state index is 0.530. The summed E-state index contributed by atoms with van der Waals surface area (Å²) in [5, 5.41) is 3.18. The van der Waals surface area contributed by atoms with Crippen LogP contribution in [0.25, 0.3) is 15.7 Å². The Morgan fingerprint density at radius 3 is 1.22 bits per heavy atom. The SMILES string of the molecule is O=P(Oc1ppc2ccccn12)(Oc1ppc2ccccn12)Oc1ppc2ccccn12. The van der Waals surface area contributed by atoms with E-state index in [1.54, 1.807) is 0 Å². The molecule has 7 nitrogen and oxygen atoms in total. The number of fused-ring (bicyclic) bond motifs is 3. The highest BCUT2D eigenvalue weighted by atomic mass is 31.8. The van der Waals surface area contributed by atoms with Gasteiger partial charge >= 0.3 is 7.82 Å². The molecule has 0 atom stereocenters. The maximum Gasteiger partial charge on any atom is 0.651 e. The van der Waals surface area contributed by atoms with Crippen LogP contribution in [0.2, 0.25) is 0 Å². The van der Waals surface area contributed by atoms with E-state index >= 15 is 0 Å². The number of pyridine rings is 3. The van der Waals surface area contributed by atoms with Gasteiger partial charge in [-0.05, 0) is 60.0 Å². The van der Waals surface area contributed by atoms with Gasteiger partial charge in [0.15, 0.2) is 0 Å². The molecule has 0 N–H and O–H groups in total. The zero-order valence-electron chi connectivity index (χ0n) is 16.0. The largest absolute Gasteiger partial charge is 0.651 e. The first-order chi connectivity index (χ1) is 15.7. The molecule has 0 saturated carbocycles. The summed E-state index contributed by atoms with van der Waals surface area (Å²) in [4.78, 5) is 0. The fourth-order valence-electron chi connectivity index (χ4n) is 3.00. The molecule has 6 heterocycles. The van der Waals surface area contributed by atoms with E-state index in [4.69, 9.17) is 13.6 Å². The van der Waals surface area contributed by atoms with Gasteiger partial charge in [0.05, 0.1) is 15.7 Å². The fourth-order valence-corrected chi connectivity index (χ4v) is 13.2. The van der Waals surface area contributed by atoms with Crippen LogP contribution in [0.15, 0.2) is 73.2 Å². The molecule has 0 aliphatic carbocycles. The predicted molar refractivity (Wildman–Crippen MR) is 137 cm³/mol. The summed E-state index contributed by atoms with van der Waals surface area (Å²) in [6, 6.07) is 17.7. The molecule has 6 aromatic rings. The summed E-state index contributed by atoms with van der Waals surface area (Å²) in [7, 11) is 1.76. The summed E-state index contributed by atoms with van der Waals surface area (Å²) >= 11 is 0. The summed E-state index contributed by atoms with van der Waals surface area (Å²) in [6.45, 7) is 0. The number of nitrogens with zero attached hydrogens (tertiary/aromatic N) is 3. The van der Waals surface area contributed by atoms with E-state index in [0.29, 0.717) is 16.8 Å². The highest BCUT2D eigenvalue weighted by Gasteiger charge is 2.37. The first-order valence-corrected chi connectivity index (χ1v) is 18.2. The Balaban J connectivity index is 1.43. The van der Waals surface area contributed by atoms with Gasteiger partial charge in [-0.2, -0.15) is 4.57 Å². The quantitative estimate of drug-likeness (QED) is 0.194. The van der Waals surface area contributed by atoms with E-state index in [1.807, 2.05) is 86.4 Å². The van der Waals surface area contributed by atoms with Gasteiger partial charge in [0, 0.05) is 42.2 Å². The molecule has 0 aromatic carbocycles. The van der Waals surface area contributed by atoms with E-state index in [2.05, 4.69) is 0 Å². The second kappa shape index (κ2) is 8.69. The Kier molecular flexibility index (Phi) is 5.72. The Morgan fingerprint density at radius 1 is 0.531 bits per heavy atom. The highest BCUT2D eigenvalue weighted by Crippen LogP contribution is 2.57. The molecule has 14 heteroatoms. The van der Waals surface area contributed by atoms with Gasteiger partial charge in [-0.15, -0.1) is 0 Å². The van der Waals surface area contributed by atoms with Crippen LogP contribution in [0, 0.1) is 0 Å². The second-order valence-corrected chi connectivity index (χ2v) is 15.2. The molecule has 6 aromatic heterocycles. The summed E-state index contributed by atoms with van der Waals surface area (Å²) in [5.74, 6) is 0. The number of hydrogen-bond donors (Lipinski definition) is 0. The highest BCUT2D eigenvalue weighted by molar-refractivity contribution is 7.94. The normalized spacial score (nSPS) is 14.9. The van der Waals surface area contributed by atoms with Crippen molar-refractivity contribution in [1.29, 1.82) is 0 Å². The van der Waals surface area contributed by atoms with Crippen molar-refractivity contribution in [3.05, 3.63) is 73.2 Å². The van der Waals surface area contributed by atoms with Crippen molar-refractivity contribution < 1.29 is 18.1 Å². The Labute approximate surface area is 191 Å². The van der Waals surface area contributed by atoms with E-state index in [9.17, 15) is 4.57 Å². The Bertz CT molecular complexity index is 1440. The zero-order valence-corrected chi connectivity index (χ0v) is 22.3. The standard InChI is InChI=1S/C18H12N3O4P7/c22-32(23-16-19-10-4-1-7-13(19)26-29-16,24-17-20-11-5-2-8-14(20)27-30-17)25-18-21-12-6-3-9-15(21)28-31-18/h1-12H. The molecule has 0 saturated heterocycles. The van der Waals surface area contributed by atoms with Gasteiger partial charge in [-0.3, -0.25) is 13.2 Å². The van der Waals surface area contributed by atoms with Gasteiger partial charge in [0.1, 0.15) is 0 Å². The van der Waals surface area contributed by atoms with Crippen molar-refractivity contribution in [2.75, 3.05) is 0 Å². The first kappa shape index (κ1) is 21.1. The molecular formula is C18H12N3O4P7. The topological polar surface area (TPSA) is 58.0 Å². The lowest BCUT2D eigenvalue weighted by Gasteiger charge is -2.18. The molecule has 0 radical (unpaired) electrons. The zero-order chi connectivity index (χ0) is 21.5. The fraction of sp³-hybridized carbons (Fsp3) is 0. The van der Waals surface area contributed by atoms with Gasteiger partial charge in [-0.1, -0.05) is 18.2 Å². The third-order valence-corrected chi connectivity index (χ3v) is 13.8. The molecule has 0 spiro atoms. The lowest BCUT2D eigenvalue weighted by molar-refractivity contribution is 0.293. The maximum absolute atomic E-state index is 14.1. The monoisotopic (exact) mass is 551 g/mol. The Hall–Kier alpha value is -1.51. The number of phosphoric ester groups is 1. The molecule has 0 aliphatic heterocycles. The molecule has 0 fully saturated rings. The van der Waals surface area contributed by atoms with Gasteiger partial charge in [-0.25, -0.2) is 0 Å². The molecule has 0 unspecified atom stereocenters. The molecule has 0 amide bonds. The number of aromatic nitrogens is 3. The average molecular weight is 551 g/mol. The van der Waals surface area contributed by atoms with Crippen LogP contribution in [0.1, 0.15) is 0 Å². The molecule has 6 rings (SSSR count). The van der Waals surface area contributed by atoms with Crippen molar-refractivity contribution in [3.63, 3.8) is 0 Å². The summed E-state index contributed by atoms with van der Waals surface area (Å²) < 4.78 is 38.0. The van der Waals surface area contributed by atoms with Crippen molar-refractivity contribution in [3.8, 4) is 16.8 Å². The second-order valence-electron chi connectivity index (χ2n) is 6.46. The van der Waals surface area contributed by atoms with E-state index < -0.39 is 7.82 Å². The van der Waals surface area contributed by atoms with Gasteiger partial charge < -0.3 is 13.6 Å². The Morgan fingerprint density at radius 2 is 0.875 bits per heavy atom. The molecule has 32 heavy (non-hydrogen) atoms. The third kappa shape index (κ3) is 3.99. The maximum atomic E-state index is 14.1. The van der Waals surface area contributed by atoms with Crippen LogP contribution in [0.3, 0.4) is 0 Å². The third-order valence-electron chi connectivity index (χ3n) is 4.43.